The van der Waals surface area contributed by atoms with Crippen LogP contribution in [0.4, 0.5) is 18.9 Å². The maximum Gasteiger partial charge on any atom is 0.416 e. The molecule has 1 aromatic carbocycles. The second kappa shape index (κ2) is 7.26. The van der Waals surface area contributed by atoms with Gasteiger partial charge in [0, 0.05) is 12.6 Å². The zero-order valence-electron chi connectivity index (χ0n) is 11.8. The van der Waals surface area contributed by atoms with Gasteiger partial charge in [-0.2, -0.15) is 13.2 Å². The van der Waals surface area contributed by atoms with Crippen molar-refractivity contribution in [2.75, 3.05) is 26.2 Å². The lowest BCUT2D eigenvalue weighted by Gasteiger charge is -2.18. The molecule has 0 aliphatic heterocycles. The minimum atomic E-state index is -4.62. The van der Waals surface area contributed by atoms with E-state index in [9.17, 15) is 23.3 Å². The van der Waals surface area contributed by atoms with Gasteiger partial charge in [0.25, 0.3) is 0 Å². The van der Waals surface area contributed by atoms with Gasteiger partial charge in [-0.15, -0.1) is 0 Å². The monoisotopic (exact) mass is 306 g/mol. The molecule has 0 atom stereocenters. The molecule has 0 aromatic heterocycles. The lowest BCUT2D eigenvalue weighted by atomic mass is 10.2. The van der Waals surface area contributed by atoms with E-state index in [0.717, 1.165) is 25.2 Å². The maximum atomic E-state index is 12.5. The van der Waals surface area contributed by atoms with Crippen LogP contribution in [0.3, 0.4) is 0 Å². The third-order valence-electron chi connectivity index (χ3n) is 3.04. The van der Waals surface area contributed by atoms with Crippen molar-refractivity contribution in [3.05, 3.63) is 33.9 Å². The summed E-state index contributed by atoms with van der Waals surface area (Å²) in [6, 6.07) is 2.26. The van der Waals surface area contributed by atoms with Crippen LogP contribution in [0.15, 0.2) is 18.2 Å². The SMILES string of the molecule is CCN(CC)CCOc1ccc(C(F)(F)F)cc1[N+](=O)[O-]. The predicted octanol–water partition coefficient (Wildman–Crippen LogP) is 3.33. The van der Waals surface area contributed by atoms with Gasteiger partial charge in [-0.05, 0) is 25.2 Å². The zero-order valence-corrected chi connectivity index (χ0v) is 11.8. The van der Waals surface area contributed by atoms with E-state index in [0.29, 0.717) is 12.6 Å². The Kier molecular flexibility index (Phi) is 5.95. The summed E-state index contributed by atoms with van der Waals surface area (Å²) in [6.07, 6.45) is -4.62. The first-order chi connectivity index (χ1) is 9.79. The van der Waals surface area contributed by atoms with Crippen LogP contribution in [0.5, 0.6) is 5.75 Å². The summed E-state index contributed by atoms with van der Waals surface area (Å²) in [5.41, 5.74) is -1.74. The molecule has 1 aromatic rings. The second-order valence-corrected chi connectivity index (χ2v) is 4.31. The van der Waals surface area contributed by atoms with E-state index in [1.807, 2.05) is 18.7 Å². The molecule has 0 bridgehead atoms. The molecule has 0 aliphatic carbocycles. The van der Waals surface area contributed by atoms with Crippen molar-refractivity contribution in [1.29, 1.82) is 0 Å². The topological polar surface area (TPSA) is 55.6 Å². The van der Waals surface area contributed by atoms with E-state index in [4.69, 9.17) is 4.74 Å². The number of nitro groups is 1. The van der Waals surface area contributed by atoms with E-state index in [1.165, 1.54) is 0 Å². The van der Waals surface area contributed by atoms with E-state index >= 15 is 0 Å². The van der Waals surface area contributed by atoms with Crippen molar-refractivity contribution < 1.29 is 22.8 Å². The standard InChI is InChI=1S/C13H17F3N2O3/c1-3-17(4-2)7-8-21-12-6-5-10(13(14,15)16)9-11(12)18(19)20/h5-6,9H,3-4,7-8H2,1-2H3. The first-order valence-corrected chi connectivity index (χ1v) is 6.50. The van der Waals surface area contributed by atoms with Crippen LogP contribution in [0, 0.1) is 10.1 Å². The molecule has 0 spiro atoms. The maximum absolute atomic E-state index is 12.5. The minimum Gasteiger partial charge on any atom is -0.485 e. The average Bonchev–Trinajstić information content (AvgIpc) is 2.42. The quantitative estimate of drug-likeness (QED) is 0.573. The van der Waals surface area contributed by atoms with E-state index in [1.54, 1.807) is 0 Å². The van der Waals surface area contributed by atoms with E-state index in [2.05, 4.69) is 0 Å². The Morgan fingerprint density at radius 3 is 2.38 bits per heavy atom. The van der Waals surface area contributed by atoms with Crippen molar-refractivity contribution in [2.24, 2.45) is 0 Å². The van der Waals surface area contributed by atoms with E-state index in [-0.39, 0.29) is 12.4 Å². The smallest absolute Gasteiger partial charge is 0.416 e. The lowest BCUT2D eigenvalue weighted by Crippen LogP contribution is -2.28. The van der Waals surface area contributed by atoms with Gasteiger partial charge in [0.1, 0.15) is 6.61 Å². The highest BCUT2D eigenvalue weighted by Crippen LogP contribution is 2.35. The van der Waals surface area contributed by atoms with Crippen LogP contribution in [0.2, 0.25) is 0 Å². The molecule has 1 rings (SSSR count). The van der Waals surface area contributed by atoms with Gasteiger partial charge in [-0.3, -0.25) is 10.1 Å². The van der Waals surface area contributed by atoms with Gasteiger partial charge in [-0.25, -0.2) is 0 Å². The van der Waals surface area contributed by atoms with Gasteiger partial charge in [-0.1, -0.05) is 13.8 Å². The number of halogens is 3. The molecule has 118 valence electrons. The van der Waals surface area contributed by atoms with Crippen molar-refractivity contribution >= 4 is 5.69 Å². The van der Waals surface area contributed by atoms with Gasteiger partial charge >= 0.3 is 11.9 Å². The molecule has 0 saturated carbocycles. The summed E-state index contributed by atoms with van der Waals surface area (Å²) in [5, 5.41) is 10.9. The third-order valence-corrected chi connectivity index (χ3v) is 3.04. The molecule has 0 aliphatic rings. The molecule has 0 heterocycles. The van der Waals surface area contributed by atoms with Crippen LogP contribution in [-0.4, -0.2) is 36.1 Å². The molecule has 8 heteroatoms. The molecule has 0 saturated heterocycles. The molecule has 21 heavy (non-hydrogen) atoms. The summed E-state index contributed by atoms with van der Waals surface area (Å²) < 4.78 is 42.9. The van der Waals surface area contributed by atoms with Gasteiger partial charge in [0.05, 0.1) is 10.5 Å². The van der Waals surface area contributed by atoms with Crippen molar-refractivity contribution in [1.82, 2.24) is 4.90 Å². The fourth-order valence-corrected chi connectivity index (χ4v) is 1.78. The molecular formula is C13H17F3N2O3. The summed E-state index contributed by atoms with van der Waals surface area (Å²) in [4.78, 5) is 12.0. The normalized spacial score (nSPS) is 11.7. The number of alkyl halides is 3. The number of hydrogen-bond donors (Lipinski definition) is 0. The zero-order chi connectivity index (χ0) is 16.0. The Balaban J connectivity index is 2.85. The number of ether oxygens (including phenoxy) is 1. The highest BCUT2D eigenvalue weighted by Gasteiger charge is 2.33. The number of benzene rings is 1. The molecule has 0 N–H and O–H groups in total. The molecule has 0 radical (unpaired) electrons. The number of likely N-dealkylation sites (N-methyl/N-ethyl adjacent to an activating group) is 1. The van der Waals surface area contributed by atoms with Crippen LogP contribution in [0.1, 0.15) is 19.4 Å². The van der Waals surface area contributed by atoms with Crippen LogP contribution in [-0.2, 0) is 6.18 Å². The van der Waals surface area contributed by atoms with Crippen molar-refractivity contribution in [3.8, 4) is 5.75 Å². The number of nitrogens with zero attached hydrogens (tertiary/aromatic N) is 2. The van der Waals surface area contributed by atoms with Gasteiger partial charge in [0.2, 0.25) is 0 Å². The fraction of sp³-hybridized carbons (Fsp3) is 0.538. The number of hydrogen-bond acceptors (Lipinski definition) is 4. The van der Waals surface area contributed by atoms with Crippen LogP contribution in [0.25, 0.3) is 0 Å². The molecule has 0 amide bonds. The van der Waals surface area contributed by atoms with Crippen molar-refractivity contribution in [3.63, 3.8) is 0 Å². The van der Waals surface area contributed by atoms with E-state index < -0.39 is 22.4 Å². The van der Waals surface area contributed by atoms with Crippen LogP contribution < -0.4 is 4.74 Å². The summed E-state index contributed by atoms with van der Waals surface area (Å²) in [6.45, 7) is 6.25. The molecular weight excluding hydrogens is 289 g/mol. The minimum absolute atomic E-state index is 0.153. The average molecular weight is 306 g/mol. The fourth-order valence-electron chi connectivity index (χ4n) is 1.78. The summed E-state index contributed by atoms with van der Waals surface area (Å²) in [7, 11) is 0. The Morgan fingerprint density at radius 1 is 1.29 bits per heavy atom. The Hall–Kier alpha value is -1.83. The number of rotatable bonds is 7. The largest absolute Gasteiger partial charge is 0.485 e. The lowest BCUT2D eigenvalue weighted by molar-refractivity contribution is -0.386. The van der Waals surface area contributed by atoms with Gasteiger partial charge < -0.3 is 9.64 Å². The second-order valence-electron chi connectivity index (χ2n) is 4.31. The highest BCUT2D eigenvalue weighted by molar-refractivity contribution is 5.49. The van der Waals surface area contributed by atoms with Gasteiger partial charge in [0.15, 0.2) is 5.75 Å². The Labute approximate surface area is 120 Å². The Morgan fingerprint density at radius 2 is 1.90 bits per heavy atom. The first-order valence-electron chi connectivity index (χ1n) is 6.50. The Bertz CT molecular complexity index is 488. The summed E-state index contributed by atoms with van der Waals surface area (Å²) in [5.74, 6) is -0.153. The van der Waals surface area contributed by atoms with Crippen LogP contribution >= 0.6 is 0 Å². The van der Waals surface area contributed by atoms with Crippen molar-refractivity contribution in [2.45, 2.75) is 20.0 Å². The third kappa shape index (κ3) is 4.89. The first kappa shape index (κ1) is 17.2. The molecule has 0 unspecified atom stereocenters. The summed E-state index contributed by atoms with van der Waals surface area (Å²) >= 11 is 0. The highest BCUT2D eigenvalue weighted by atomic mass is 19.4. The molecule has 5 nitrogen and oxygen atoms in total. The molecule has 0 fully saturated rings. The predicted molar refractivity (Wildman–Crippen MR) is 71.4 cm³/mol. The number of nitro benzene ring substituents is 1.